The van der Waals surface area contributed by atoms with E-state index in [2.05, 4.69) is 14.6 Å². The number of nitrogens with zero attached hydrogens (tertiary/aromatic N) is 2. The van der Waals surface area contributed by atoms with E-state index < -0.39 is 10.0 Å². The molecule has 5 nitrogen and oxygen atoms in total. The smallest absolute Gasteiger partial charge is 0.250 e. The van der Waals surface area contributed by atoms with E-state index in [0.29, 0.717) is 16.7 Å². The third-order valence-corrected chi connectivity index (χ3v) is 7.66. The van der Waals surface area contributed by atoms with E-state index in [-0.39, 0.29) is 0 Å². The minimum atomic E-state index is -3.38. The van der Waals surface area contributed by atoms with Crippen molar-refractivity contribution >= 4 is 27.0 Å². The second-order valence-electron chi connectivity index (χ2n) is 6.29. The Balaban J connectivity index is 1.53. The highest BCUT2D eigenvalue weighted by molar-refractivity contribution is 7.91. The van der Waals surface area contributed by atoms with Crippen molar-refractivity contribution in [2.24, 2.45) is 5.92 Å². The lowest BCUT2D eigenvalue weighted by Gasteiger charge is -2.33. The summed E-state index contributed by atoms with van der Waals surface area (Å²) >= 11 is 1.34. The fraction of sp³-hybridized carbons (Fsp3) is 0.471. The highest BCUT2D eigenvalue weighted by Crippen LogP contribution is 2.26. The molecule has 0 aromatic carbocycles. The number of piperidine rings is 1. The number of hydrogen-bond donors (Lipinski definition) is 1. The molecule has 1 saturated heterocycles. The third kappa shape index (κ3) is 3.96. The molecule has 3 heterocycles. The Morgan fingerprint density at radius 1 is 1.25 bits per heavy atom. The molecule has 7 heteroatoms. The largest absolute Gasteiger partial charge is 0.371 e. The van der Waals surface area contributed by atoms with Crippen LogP contribution in [0.3, 0.4) is 0 Å². The maximum absolute atomic E-state index is 12.4. The van der Waals surface area contributed by atoms with Gasteiger partial charge < -0.3 is 4.90 Å². The first kappa shape index (κ1) is 17.4. The van der Waals surface area contributed by atoms with Crippen molar-refractivity contribution < 1.29 is 8.42 Å². The summed E-state index contributed by atoms with van der Waals surface area (Å²) in [5, 5.41) is 0. The van der Waals surface area contributed by atoms with Gasteiger partial charge in [0.2, 0.25) is 10.0 Å². The van der Waals surface area contributed by atoms with Gasteiger partial charge in [-0.05, 0) is 56.4 Å². The average Bonchev–Trinajstić information content (AvgIpc) is 2.94. The van der Waals surface area contributed by atoms with Crippen LogP contribution >= 0.6 is 11.3 Å². The molecule has 2 aromatic rings. The summed E-state index contributed by atoms with van der Waals surface area (Å²) in [4.78, 5) is 7.43. The molecular weight excluding hydrogens is 342 g/mol. The Labute approximate surface area is 147 Å². The molecule has 130 valence electrons. The van der Waals surface area contributed by atoms with Crippen LogP contribution in [-0.2, 0) is 10.0 Å². The molecular formula is C17H23N3O2S2. The van der Waals surface area contributed by atoms with Gasteiger partial charge in [0.1, 0.15) is 4.21 Å². The highest BCUT2D eigenvalue weighted by atomic mass is 32.2. The zero-order valence-corrected chi connectivity index (χ0v) is 15.7. The summed E-state index contributed by atoms with van der Waals surface area (Å²) in [6.07, 6.45) is 5.60. The van der Waals surface area contributed by atoms with Crippen molar-refractivity contribution in [2.45, 2.75) is 30.9 Å². The van der Waals surface area contributed by atoms with Crippen LogP contribution < -0.4 is 9.62 Å². The molecule has 0 aliphatic carbocycles. The first-order chi connectivity index (χ1) is 11.5. The summed E-state index contributed by atoms with van der Waals surface area (Å²) in [7, 11) is -3.38. The molecule has 1 fully saturated rings. The molecule has 0 saturated carbocycles. The van der Waals surface area contributed by atoms with Gasteiger partial charge in [-0.3, -0.25) is 4.98 Å². The molecule has 2 aromatic heterocycles. The van der Waals surface area contributed by atoms with Gasteiger partial charge >= 0.3 is 0 Å². The Bertz CT molecular complexity index is 760. The fourth-order valence-electron chi connectivity index (χ4n) is 2.92. The minimum Gasteiger partial charge on any atom is -0.371 e. The molecule has 1 aliphatic rings. The Morgan fingerprint density at radius 3 is 2.50 bits per heavy atom. The molecule has 0 unspecified atom stereocenters. The number of rotatable bonds is 5. The summed E-state index contributed by atoms with van der Waals surface area (Å²) in [6.45, 7) is 6.32. The van der Waals surface area contributed by atoms with Crippen molar-refractivity contribution in [3.8, 4) is 0 Å². The molecule has 1 N–H and O–H groups in total. The quantitative estimate of drug-likeness (QED) is 0.885. The zero-order chi connectivity index (χ0) is 17.2. The summed E-state index contributed by atoms with van der Waals surface area (Å²) in [6, 6.07) is 5.80. The van der Waals surface area contributed by atoms with Crippen molar-refractivity contribution in [1.82, 2.24) is 9.71 Å². The minimum absolute atomic E-state index is 0.389. The van der Waals surface area contributed by atoms with Crippen molar-refractivity contribution in [3.05, 3.63) is 41.0 Å². The van der Waals surface area contributed by atoms with Gasteiger partial charge in [-0.25, -0.2) is 13.1 Å². The summed E-state index contributed by atoms with van der Waals surface area (Å²) in [5.74, 6) is 0.389. The lowest BCUT2D eigenvalue weighted by atomic mass is 9.97. The predicted octanol–water partition coefficient (Wildman–Crippen LogP) is 2.95. The molecule has 0 radical (unpaired) electrons. The number of sulfonamides is 1. The second-order valence-corrected chi connectivity index (χ2v) is 9.54. The monoisotopic (exact) mass is 365 g/mol. The van der Waals surface area contributed by atoms with Crippen LogP contribution in [0.15, 0.2) is 34.8 Å². The molecule has 3 rings (SSSR count). The standard InChI is InChI=1S/C17H23N3O2S2/c1-13-11-17(23-14(13)2)24(21,22)19-12-15-5-9-20(10-6-15)16-3-7-18-8-4-16/h3-4,7-8,11,15,19H,5-6,9-10,12H2,1-2H3. The molecule has 0 amide bonds. The average molecular weight is 366 g/mol. The van der Waals surface area contributed by atoms with E-state index >= 15 is 0 Å². The number of anilines is 1. The Kier molecular flexibility index (Phi) is 5.22. The van der Waals surface area contributed by atoms with E-state index in [1.54, 1.807) is 18.5 Å². The SMILES string of the molecule is Cc1cc(S(=O)(=O)NCC2CCN(c3ccncc3)CC2)sc1C. The molecule has 0 bridgehead atoms. The third-order valence-electron chi connectivity index (χ3n) is 4.61. The number of hydrogen-bond acceptors (Lipinski definition) is 5. The maximum atomic E-state index is 12.4. The van der Waals surface area contributed by atoms with E-state index in [9.17, 15) is 8.42 Å². The maximum Gasteiger partial charge on any atom is 0.250 e. The van der Waals surface area contributed by atoms with E-state index in [1.165, 1.54) is 17.0 Å². The molecule has 24 heavy (non-hydrogen) atoms. The Hall–Kier alpha value is -1.44. The number of thiophene rings is 1. The van der Waals surface area contributed by atoms with Gasteiger partial charge in [0.05, 0.1) is 0 Å². The topological polar surface area (TPSA) is 62.3 Å². The fourth-order valence-corrected chi connectivity index (χ4v) is 5.60. The van der Waals surface area contributed by atoms with Gasteiger partial charge in [-0.15, -0.1) is 11.3 Å². The van der Waals surface area contributed by atoms with Gasteiger partial charge in [-0.1, -0.05) is 0 Å². The van der Waals surface area contributed by atoms with Gasteiger partial charge in [-0.2, -0.15) is 0 Å². The van der Waals surface area contributed by atoms with Gasteiger partial charge in [0.15, 0.2) is 0 Å². The van der Waals surface area contributed by atoms with Crippen LogP contribution in [0.2, 0.25) is 0 Å². The van der Waals surface area contributed by atoms with E-state index in [1.807, 2.05) is 26.0 Å². The number of nitrogens with one attached hydrogen (secondary N) is 1. The second kappa shape index (κ2) is 7.21. The van der Waals surface area contributed by atoms with E-state index in [4.69, 9.17) is 0 Å². The lowest BCUT2D eigenvalue weighted by molar-refractivity contribution is 0.402. The van der Waals surface area contributed by atoms with Gasteiger partial charge in [0, 0.05) is 42.6 Å². The number of aryl methyl sites for hydroxylation is 2. The first-order valence-corrected chi connectivity index (χ1v) is 10.5. The van der Waals surface area contributed by atoms with Crippen LogP contribution in [0.25, 0.3) is 0 Å². The highest BCUT2D eigenvalue weighted by Gasteiger charge is 2.23. The van der Waals surface area contributed by atoms with Crippen LogP contribution in [0, 0.1) is 19.8 Å². The van der Waals surface area contributed by atoms with E-state index in [0.717, 1.165) is 36.4 Å². The normalized spacial score (nSPS) is 16.5. The lowest BCUT2D eigenvalue weighted by Crippen LogP contribution is -2.38. The number of pyridine rings is 1. The van der Waals surface area contributed by atoms with Crippen LogP contribution in [0.4, 0.5) is 5.69 Å². The Morgan fingerprint density at radius 2 is 1.92 bits per heavy atom. The van der Waals surface area contributed by atoms with Gasteiger partial charge in [0.25, 0.3) is 0 Å². The predicted molar refractivity (Wildman–Crippen MR) is 98.2 cm³/mol. The van der Waals surface area contributed by atoms with Crippen molar-refractivity contribution in [1.29, 1.82) is 0 Å². The van der Waals surface area contributed by atoms with Crippen LogP contribution in [-0.4, -0.2) is 33.0 Å². The molecule has 1 aliphatic heterocycles. The van der Waals surface area contributed by atoms with Crippen molar-refractivity contribution in [3.63, 3.8) is 0 Å². The molecule has 0 atom stereocenters. The van der Waals surface area contributed by atoms with Crippen LogP contribution in [0.1, 0.15) is 23.3 Å². The molecule has 0 spiro atoms. The first-order valence-electron chi connectivity index (χ1n) is 8.17. The van der Waals surface area contributed by atoms with Crippen LogP contribution in [0.5, 0.6) is 0 Å². The zero-order valence-electron chi connectivity index (χ0n) is 14.0. The number of aromatic nitrogens is 1. The summed E-state index contributed by atoms with van der Waals surface area (Å²) in [5.41, 5.74) is 2.22. The summed E-state index contributed by atoms with van der Waals surface area (Å²) < 4.78 is 28.0. The van der Waals surface area contributed by atoms with Crippen molar-refractivity contribution in [2.75, 3.05) is 24.5 Å².